The molecule has 0 amide bonds. The van der Waals surface area contributed by atoms with Crippen LogP contribution >= 0.6 is 11.8 Å². The van der Waals surface area contributed by atoms with E-state index in [1.54, 1.807) is 11.8 Å². The molecule has 1 aromatic rings. The first-order valence-electron chi connectivity index (χ1n) is 5.84. The van der Waals surface area contributed by atoms with Gasteiger partial charge in [0.05, 0.1) is 12.0 Å². The molecule has 0 aliphatic rings. The predicted molar refractivity (Wildman–Crippen MR) is 70.6 cm³/mol. The molecule has 0 aromatic carbocycles. The van der Waals surface area contributed by atoms with E-state index in [0.29, 0.717) is 12.0 Å². The zero-order valence-corrected chi connectivity index (χ0v) is 11.7. The van der Waals surface area contributed by atoms with Crippen molar-refractivity contribution in [3.05, 3.63) is 12.7 Å². The second-order valence-electron chi connectivity index (χ2n) is 4.33. The van der Waals surface area contributed by atoms with Gasteiger partial charge in [-0.25, -0.2) is 15.0 Å². The Morgan fingerprint density at radius 3 is 2.41 bits per heavy atom. The summed E-state index contributed by atoms with van der Waals surface area (Å²) in [6, 6.07) is 0.500. The van der Waals surface area contributed by atoms with Gasteiger partial charge in [0.1, 0.15) is 12.7 Å². The quantitative estimate of drug-likeness (QED) is 0.568. The second-order valence-corrected chi connectivity index (χ2v) is 5.28. The molecule has 2 atom stereocenters. The van der Waals surface area contributed by atoms with Crippen LogP contribution in [0.5, 0.6) is 0 Å². The molecule has 0 saturated carbocycles. The van der Waals surface area contributed by atoms with Gasteiger partial charge in [-0.15, -0.1) is 0 Å². The van der Waals surface area contributed by atoms with E-state index in [9.17, 15) is 0 Å². The minimum absolute atomic E-state index is 0.279. The first-order chi connectivity index (χ1) is 8.09. The van der Waals surface area contributed by atoms with Gasteiger partial charge >= 0.3 is 0 Å². The molecule has 0 bridgehead atoms. The van der Waals surface area contributed by atoms with Gasteiger partial charge in [0, 0.05) is 6.04 Å². The van der Waals surface area contributed by atoms with Crippen molar-refractivity contribution < 1.29 is 0 Å². The van der Waals surface area contributed by atoms with E-state index in [0.717, 1.165) is 11.0 Å². The smallest absolute Gasteiger partial charge is 0.191 e. The maximum atomic E-state index is 4.05. The summed E-state index contributed by atoms with van der Waals surface area (Å²) in [6.45, 7) is 8.74. The Morgan fingerprint density at radius 2 is 1.82 bits per heavy atom. The zero-order valence-electron chi connectivity index (χ0n) is 10.8. The third-order valence-corrected chi connectivity index (χ3v) is 3.35. The van der Waals surface area contributed by atoms with Crippen molar-refractivity contribution in [1.29, 1.82) is 0 Å². The summed E-state index contributed by atoms with van der Waals surface area (Å²) in [6.07, 6.45) is 3.30. The van der Waals surface area contributed by atoms with Gasteiger partial charge in [0.25, 0.3) is 0 Å². The molecule has 1 aromatic heterocycles. The van der Waals surface area contributed by atoms with Gasteiger partial charge in [0.2, 0.25) is 0 Å². The number of hydrogen-bond acceptors (Lipinski definition) is 6. The molecule has 2 N–H and O–H groups in total. The van der Waals surface area contributed by atoms with Crippen LogP contribution in [0.1, 0.15) is 27.7 Å². The van der Waals surface area contributed by atoms with Crippen molar-refractivity contribution >= 4 is 11.8 Å². The highest BCUT2D eigenvalue weighted by atomic mass is 32.2. The van der Waals surface area contributed by atoms with Crippen molar-refractivity contribution in [3.8, 4) is 0 Å². The maximum absolute atomic E-state index is 4.05. The highest BCUT2D eigenvalue weighted by Crippen LogP contribution is 2.08. The minimum Gasteiger partial charge on any atom is -0.299 e. The molecule has 96 valence electrons. The molecule has 0 aliphatic carbocycles. The molecule has 1 rings (SSSR count). The third kappa shape index (κ3) is 5.95. The Balaban J connectivity index is 2.18. The summed E-state index contributed by atoms with van der Waals surface area (Å²) in [7, 11) is 0. The molecule has 0 aliphatic heterocycles. The maximum Gasteiger partial charge on any atom is 0.191 e. The number of rotatable bonds is 7. The second kappa shape index (κ2) is 7.58. The third-order valence-electron chi connectivity index (χ3n) is 2.57. The van der Waals surface area contributed by atoms with Crippen LogP contribution in [0.4, 0.5) is 0 Å². The lowest BCUT2D eigenvalue weighted by Gasteiger charge is -2.23. The van der Waals surface area contributed by atoms with Gasteiger partial charge in [-0.1, -0.05) is 25.6 Å². The zero-order chi connectivity index (χ0) is 12.7. The fourth-order valence-corrected chi connectivity index (χ4v) is 1.89. The van der Waals surface area contributed by atoms with Crippen molar-refractivity contribution in [3.63, 3.8) is 0 Å². The number of nitrogens with one attached hydrogen (secondary N) is 2. The molecule has 0 saturated heterocycles. The highest BCUT2D eigenvalue weighted by Gasteiger charge is 2.09. The molecule has 0 fully saturated rings. The largest absolute Gasteiger partial charge is 0.299 e. The van der Waals surface area contributed by atoms with Crippen molar-refractivity contribution in [2.45, 2.75) is 45.1 Å². The molecule has 1 heterocycles. The standard InChI is InChI=1S/C11H21N5S/c1-8(2)9(3)16-10(4)15-7-17-11-13-5-12-6-14-11/h5-6,8-10,15-16H,7H2,1-4H3. The summed E-state index contributed by atoms with van der Waals surface area (Å²) in [5.41, 5.74) is 0. The van der Waals surface area contributed by atoms with Crippen LogP contribution in [0.2, 0.25) is 0 Å². The first kappa shape index (κ1) is 14.3. The topological polar surface area (TPSA) is 62.7 Å². The summed E-state index contributed by atoms with van der Waals surface area (Å²) in [5.74, 6) is 1.42. The first-order valence-corrected chi connectivity index (χ1v) is 6.82. The van der Waals surface area contributed by atoms with E-state index in [2.05, 4.69) is 53.3 Å². The van der Waals surface area contributed by atoms with Gasteiger partial charge < -0.3 is 0 Å². The van der Waals surface area contributed by atoms with Crippen LogP contribution in [0, 0.1) is 5.92 Å². The summed E-state index contributed by atoms with van der Waals surface area (Å²) in [4.78, 5) is 11.9. The lowest BCUT2D eigenvalue weighted by Crippen LogP contribution is -2.45. The van der Waals surface area contributed by atoms with Gasteiger partial charge in [-0.3, -0.25) is 10.6 Å². The van der Waals surface area contributed by atoms with E-state index in [-0.39, 0.29) is 6.17 Å². The van der Waals surface area contributed by atoms with E-state index >= 15 is 0 Å². The summed E-state index contributed by atoms with van der Waals surface area (Å²) >= 11 is 1.57. The Labute approximate surface area is 107 Å². The Hall–Kier alpha value is -0.720. The normalized spacial score (nSPS) is 14.9. The number of nitrogens with zero attached hydrogens (tertiary/aromatic N) is 3. The lowest BCUT2D eigenvalue weighted by molar-refractivity contribution is 0.358. The van der Waals surface area contributed by atoms with Gasteiger partial charge in [-0.2, -0.15) is 0 Å². The molecule has 5 nitrogen and oxygen atoms in total. The van der Waals surface area contributed by atoms with E-state index < -0.39 is 0 Å². The van der Waals surface area contributed by atoms with E-state index in [4.69, 9.17) is 0 Å². The number of hydrogen-bond donors (Lipinski definition) is 2. The fraction of sp³-hybridized carbons (Fsp3) is 0.727. The Kier molecular flexibility index (Phi) is 6.39. The number of thioether (sulfide) groups is 1. The van der Waals surface area contributed by atoms with E-state index in [1.807, 2.05) is 0 Å². The lowest BCUT2D eigenvalue weighted by atomic mass is 10.1. The van der Waals surface area contributed by atoms with E-state index in [1.165, 1.54) is 12.7 Å². The van der Waals surface area contributed by atoms with Crippen molar-refractivity contribution in [2.75, 3.05) is 5.88 Å². The Morgan fingerprint density at radius 1 is 1.18 bits per heavy atom. The molecule has 17 heavy (non-hydrogen) atoms. The average molecular weight is 255 g/mol. The molecule has 2 unspecified atom stereocenters. The molecule has 0 spiro atoms. The van der Waals surface area contributed by atoms with Crippen LogP contribution in [-0.4, -0.2) is 33.0 Å². The summed E-state index contributed by atoms with van der Waals surface area (Å²) < 4.78 is 0. The molecule has 6 heteroatoms. The van der Waals surface area contributed by atoms with Crippen molar-refractivity contribution in [1.82, 2.24) is 25.6 Å². The van der Waals surface area contributed by atoms with Gasteiger partial charge in [0.15, 0.2) is 5.16 Å². The molecular weight excluding hydrogens is 234 g/mol. The predicted octanol–water partition coefficient (Wildman–Crippen LogP) is 1.49. The van der Waals surface area contributed by atoms with Crippen LogP contribution < -0.4 is 10.6 Å². The average Bonchev–Trinajstić information content (AvgIpc) is 2.30. The fourth-order valence-electron chi connectivity index (χ4n) is 1.18. The monoisotopic (exact) mass is 255 g/mol. The van der Waals surface area contributed by atoms with Gasteiger partial charge in [-0.05, 0) is 19.8 Å². The van der Waals surface area contributed by atoms with Crippen LogP contribution in [0.15, 0.2) is 17.8 Å². The van der Waals surface area contributed by atoms with Crippen molar-refractivity contribution in [2.24, 2.45) is 5.92 Å². The van der Waals surface area contributed by atoms with Crippen LogP contribution in [0.3, 0.4) is 0 Å². The minimum atomic E-state index is 0.279. The molecule has 0 radical (unpaired) electrons. The highest BCUT2D eigenvalue weighted by molar-refractivity contribution is 7.99. The number of aromatic nitrogens is 3. The Bertz CT molecular complexity index is 306. The van der Waals surface area contributed by atoms with Crippen LogP contribution in [-0.2, 0) is 0 Å². The summed E-state index contributed by atoms with van der Waals surface area (Å²) in [5, 5.41) is 7.60. The van der Waals surface area contributed by atoms with Crippen LogP contribution in [0.25, 0.3) is 0 Å². The SMILES string of the molecule is CC(NCSc1ncncn1)NC(C)C(C)C. The molecular formula is C11H21N5S.